The zero-order valence-corrected chi connectivity index (χ0v) is 11.3. The lowest BCUT2D eigenvalue weighted by Crippen LogP contribution is -2.16. The largest absolute Gasteiger partial charge is 0.312 e. The Labute approximate surface area is 111 Å². The highest BCUT2D eigenvalue weighted by atomic mass is 79.9. The average Bonchev–Trinajstić information content (AvgIpc) is 2.38. The van der Waals surface area contributed by atoms with Gasteiger partial charge in [0.15, 0.2) is 0 Å². The zero-order chi connectivity index (χ0) is 11.9. The van der Waals surface area contributed by atoms with Crippen molar-refractivity contribution < 1.29 is 0 Å². The molecule has 17 heavy (non-hydrogen) atoms. The van der Waals surface area contributed by atoms with Crippen LogP contribution in [0.4, 0.5) is 0 Å². The van der Waals surface area contributed by atoms with Crippen molar-refractivity contribution in [2.75, 3.05) is 6.54 Å². The molecule has 0 unspecified atom stereocenters. The highest BCUT2D eigenvalue weighted by Crippen LogP contribution is 2.15. The van der Waals surface area contributed by atoms with Gasteiger partial charge >= 0.3 is 0 Å². The molecule has 0 aliphatic carbocycles. The van der Waals surface area contributed by atoms with Crippen LogP contribution in [-0.2, 0) is 13.0 Å². The first kappa shape index (κ1) is 12.3. The minimum atomic E-state index is 0.911. The Morgan fingerprint density at radius 3 is 2.35 bits per heavy atom. The first-order valence-corrected chi connectivity index (χ1v) is 6.63. The first-order chi connectivity index (χ1) is 8.36. The number of rotatable bonds is 5. The molecule has 1 nitrogen and oxygen atoms in total. The van der Waals surface area contributed by atoms with E-state index in [2.05, 4.69) is 69.8 Å². The zero-order valence-electron chi connectivity index (χ0n) is 9.70. The van der Waals surface area contributed by atoms with Gasteiger partial charge in [0.05, 0.1) is 0 Å². The van der Waals surface area contributed by atoms with Crippen LogP contribution in [0.2, 0.25) is 0 Å². The number of halogens is 1. The van der Waals surface area contributed by atoms with Crippen LogP contribution in [0.3, 0.4) is 0 Å². The van der Waals surface area contributed by atoms with Crippen LogP contribution < -0.4 is 5.32 Å². The molecular weight excluding hydrogens is 274 g/mol. The third-order valence-electron chi connectivity index (χ3n) is 2.71. The molecule has 0 heterocycles. The van der Waals surface area contributed by atoms with E-state index in [1.165, 1.54) is 15.6 Å². The summed E-state index contributed by atoms with van der Waals surface area (Å²) in [6, 6.07) is 18.9. The van der Waals surface area contributed by atoms with Crippen LogP contribution in [0.25, 0.3) is 0 Å². The van der Waals surface area contributed by atoms with Gasteiger partial charge in [-0.3, -0.25) is 0 Å². The summed E-state index contributed by atoms with van der Waals surface area (Å²) in [5, 5.41) is 3.46. The summed E-state index contributed by atoms with van der Waals surface area (Å²) in [5.41, 5.74) is 2.69. The van der Waals surface area contributed by atoms with E-state index < -0.39 is 0 Å². The number of hydrogen-bond donors (Lipinski definition) is 1. The summed E-state index contributed by atoms with van der Waals surface area (Å²) in [4.78, 5) is 0. The molecule has 0 saturated carbocycles. The minimum absolute atomic E-state index is 0.911. The molecule has 2 rings (SSSR count). The summed E-state index contributed by atoms with van der Waals surface area (Å²) in [5.74, 6) is 0. The SMILES string of the molecule is Brc1ccccc1CNCCc1ccccc1. The van der Waals surface area contributed by atoms with E-state index in [1.54, 1.807) is 0 Å². The maximum Gasteiger partial charge on any atom is 0.0220 e. The Morgan fingerprint density at radius 1 is 0.882 bits per heavy atom. The summed E-state index contributed by atoms with van der Waals surface area (Å²) in [6.45, 7) is 1.92. The van der Waals surface area contributed by atoms with Crippen molar-refractivity contribution in [3.05, 3.63) is 70.2 Å². The molecule has 0 fully saturated rings. The highest BCUT2D eigenvalue weighted by molar-refractivity contribution is 9.10. The Bertz CT molecular complexity index is 453. The molecule has 0 saturated heterocycles. The molecule has 0 aliphatic rings. The van der Waals surface area contributed by atoms with Crippen molar-refractivity contribution >= 4 is 15.9 Å². The summed E-state index contributed by atoms with van der Waals surface area (Å²) in [7, 11) is 0. The number of nitrogens with one attached hydrogen (secondary N) is 1. The fourth-order valence-electron chi connectivity index (χ4n) is 1.74. The molecular formula is C15H16BrN. The van der Waals surface area contributed by atoms with Gasteiger partial charge in [-0.05, 0) is 30.2 Å². The average molecular weight is 290 g/mol. The van der Waals surface area contributed by atoms with Crippen LogP contribution in [-0.4, -0.2) is 6.54 Å². The molecule has 0 bridgehead atoms. The molecule has 2 heteroatoms. The molecule has 0 amide bonds. The fourth-order valence-corrected chi connectivity index (χ4v) is 2.17. The van der Waals surface area contributed by atoms with Gasteiger partial charge in [0.1, 0.15) is 0 Å². The molecule has 0 aromatic heterocycles. The lowest BCUT2D eigenvalue weighted by Gasteiger charge is -2.06. The van der Waals surface area contributed by atoms with E-state index in [0.717, 1.165) is 19.5 Å². The summed E-state index contributed by atoms with van der Waals surface area (Å²) < 4.78 is 1.17. The Balaban J connectivity index is 1.76. The number of benzene rings is 2. The second-order valence-corrected chi connectivity index (χ2v) is 4.86. The van der Waals surface area contributed by atoms with E-state index >= 15 is 0 Å². The molecule has 0 spiro atoms. The van der Waals surface area contributed by atoms with Crippen molar-refractivity contribution in [2.45, 2.75) is 13.0 Å². The predicted molar refractivity (Wildman–Crippen MR) is 76.0 cm³/mol. The predicted octanol–water partition coefficient (Wildman–Crippen LogP) is 3.78. The van der Waals surface area contributed by atoms with Gasteiger partial charge < -0.3 is 5.32 Å². The van der Waals surface area contributed by atoms with Crippen LogP contribution in [0.15, 0.2) is 59.1 Å². The van der Waals surface area contributed by atoms with Gasteiger partial charge in [-0.2, -0.15) is 0 Å². The molecule has 0 radical (unpaired) electrons. The van der Waals surface area contributed by atoms with Gasteiger partial charge in [-0.15, -0.1) is 0 Å². The monoisotopic (exact) mass is 289 g/mol. The van der Waals surface area contributed by atoms with Crippen molar-refractivity contribution in [3.63, 3.8) is 0 Å². The van der Waals surface area contributed by atoms with Crippen LogP contribution in [0.5, 0.6) is 0 Å². The quantitative estimate of drug-likeness (QED) is 0.826. The fraction of sp³-hybridized carbons (Fsp3) is 0.200. The van der Waals surface area contributed by atoms with E-state index in [4.69, 9.17) is 0 Å². The van der Waals surface area contributed by atoms with Gasteiger partial charge in [-0.1, -0.05) is 64.5 Å². The minimum Gasteiger partial charge on any atom is -0.312 e. The lowest BCUT2D eigenvalue weighted by atomic mass is 10.1. The van der Waals surface area contributed by atoms with Gasteiger partial charge in [0, 0.05) is 11.0 Å². The van der Waals surface area contributed by atoms with Crippen molar-refractivity contribution in [1.29, 1.82) is 0 Å². The Morgan fingerprint density at radius 2 is 1.59 bits per heavy atom. The molecule has 88 valence electrons. The van der Waals surface area contributed by atoms with Crippen molar-refractivity contribution in [1.82, 2.24) is 5.32 Å². The maximum absolute atomic E-state index is 3.55. The third kappa shape index (κ3) is 3.99. The van der Waals surface area contributed by atoms with E-state index in [-0.39, 0.29) is 0 Å². The second-order valence-electron chi connectivity index (χ2n) is 4.00. The normalized spacial score (nSPS) is 10.4. The highest BCUT2D eigenvalue weighted by Gasteiger charge is 1.97. The van der Waals surface area contributed by atoms with Gasteiger partial charge in [-0.25, -0.2) is 0 Å². The van der Waals surface area contributed by atoms with E-state index in [1.807, 2.05) is 6.07 Å². The first-order valence-electron chi connectivity index (χ1n) is 5.84. The lowest BCUT2D eigenvalue weighted by molar-refractivity contribution is 0.685. The molecule has 2 aromatic rings. The van der Waals surface area contributed by atoms with Gasteiger partial charge in [0.2, 0.25) is 0 Å². The number of hydrogen-bond acceptors (Lipinski definition) is 1. The smallest absolute Gasteiger partial charge is 0.0220 e. The third-order valence-corrected chi connectivity index (χ3v) is 3.48. The van der Waals surface area contributed by atoms with Crippen molar-refractivity contribution in [3.8, 4) is 0 Å². The Kier molecular flexibility index (Phi) is 4.77. The molecule has 0 aliphatic heterocycles. The van der Waals surface area contributed by atoms with Crippen molar-refractivity contribution in [2.24, 2.45) is 0 Å². The summed E-state index contributed by atoms with van der Waals surface area (Å²) >= 11 is 3.55. The van der Waals surface area contributed by atoms with E-state index in [9.17, 15) is 0 Å². The standard InChI is InChI=1S/C15H16BrN/c16-15-9-5-4-8-14(15)12-17-11-10-13-6-2-1-3-7-13/h1-9,17H,10-12H2. The molecule has 2 aromatic carbocycles. The van der Waals surface area contributed by atoms with Crippen LogP contribution in [0.1, 0.15) is 11.1 Å². The molecule has 1 N–H and O–H groups in total. The maximum atomic E-state index is 3.55. The van der Waals surface area contributed by atoms with Crippen LogP contribution >= 0.6 is 15.9 Å². The topological polar surface area (TPSA) is 12.0 Å². The summed E-state index contributed by atoms with van der Waals surface area (Å²) in [6.07, 6.45) is 1.07. The van der Waals surface area contributed by atoms with Crippen LogP contribution in [0, 0.1) is 0 Å². The van der Waals surface area contributed by atoms with E-state index in [0.29, 0.717) is 0 Å². The van der Waals surface area contributed by atoms with Gasteiger partial charge in [0.25, 0.3) is 0 Å². The Hall–Kier alpha value is -1.12. The second kappa shape index (κ2) is 6.58. The molecule has 0 atom stereocenters.